The number of amides is 2. The quantitative estimate of drug-likeness (QED) is 0.445. The first kappa shape index (κ1) is 39.3. The molecule has 0 aromatic rings. The third-order valence-electron chi connectivity index (χ3n) is 6.53. The lowest BCUT2D eigenvalue weighted by molar-refractivity contribution is 0.0142. The van der Waals surface area contributed by atoms with Crippen LogP contribution in [-0.2, 0) is 29.5 Å². The first-order valence-electron chi connectivity index (χ1n) is 14.7. The van der Waals surface area contributed by atoms with Crippen LogP contribution < -0.4 is 10.6 Å². The van der Waals surface area contributed by atoms with Crippen molar-refractivity contribution in [2.75, 3.05) is 71.4 Å². The number of nitrogens with one attached hydrogen (secondary N) is 2. The van der Waals surface area contributed by atoms with Crippen LogP contribution in [0.3, 0.4) is 0 Å². The van der Waals surface area contributed by atoms with Crippen LogP contribution in [-0.4, -0.2) is 148 Å². The molecule has 0 radical (unpaired) electrons. The molecule has 254 valence electrons. The summed E-state index contributed by atoms with van der Waals surface area (Å²) in [5, 5.41) is 6.41. The van der Waals surface area contributed by atoms with Gasteiger partial charge in [-0.25, -0.2) is 26.4 Å². The van der Waals surface area contributed by atoms with Crippen LogP contribution in [0.1, 0.15) is 62.3 Å². The van der Waals surface area contributed by atoms with E-state index >= 15 is 0 Å². The molecular formula is C27H56N6O8S2. The Balaban J connectivity index is 0.000000332. The van der Waals surface area contributed by atoms with Gasteiger partial charge in [-0.15, -0.1) is 0 Å². The molecule has 0 aromatic carbocycles. The van der Waals surface area contributed by atoms with Crippen molar-refractivity contribution in [3.63, 3.8) is 0 Å². The number of nitrogens with zero attached hydrogens (tertiary/aromatic N) is 4. The molecular weight excluding hydrogens is 600 g/mol. The van der Waals surface area contributed by atoms with Gasteiger partial charge in [0.05, 0.1) is 12.5 Å². The predicted molar refractivity (Wildman–Crippen MR) is 168 cm³/mol. The number of rotatable bonds is 2. The summed E-state index contributed by atoms with van der Waals surface area (Å²) in [7, 11) is -6.19. The highest BCUT2D eigenvalue weighted by molar-refractivity contribution is 7.88. The van der Waals surface area contributed by atoms with E-state index in [1.54, 1.807) is 37.5 Å². The molecule has 3 aliphatic rings. The van der Waals surface area contributed by atoms with Gasteiger partial charge in [0.15, 0.2) is 0 Å². The lowest BCUT2D eigenvalue weighted by atomic mass is 10.2. The highest BCUT2D eigenvalue weighted by Gasteiger charge is 2.33. The topological polar surface area (TPSA) is 158 Å². The molecule has 43 heavy (non-hydrogen) atoms. The molecule has 0 unspecified atom stereocenters. The van der Waals surface area contributed by atoms with Crippen LogP contribution in [0.5, 0.6) is 0 Å². The van der Waals surface area contributed by atoms with Gasteiger partial charge in [-0.05, 0) is 62.3 Å². The third-order valence-corrected chi connectivity index (χ3v) is 9.32. The van der Waals surface area contributed by atoms with E-state index in [0.717, 1.165) is 32.7 Å². The van der Waals surface area contributed by atoms with Gasteiger partial charge >= 0.3 is 12.2 Å². The fourth-order valence-corrected chi connectivity index (χ4v) is 6.95. The lowest BCUT2D eigenvalue weighted by Crippen LogP contribution is -2.55. The molecule has 16 heteroatoms. The molecule has 0 aromatic heterocycles. The second-order valence-electron chi connectivity index (χ2n) is 13.4. The van der Waals surface area contributed by atoms with Crippen molar-refractivity contribution < 1.29 is 35.9 Å². The maximum absolute atomic E-state index is 11.9. The molecule has 0 saturated carbocycles. The highest BCUT2D eigenvalue weighted by atomic mass is 32.2. The molecule has 0 spiro atoms. The molecule has 14 nitrogen and oxygen atoms in total. The number of carbonyl (C=O) groups excluding carboxylic acids is 2. The number of hydrogen-bond acceptors (Lipinski definition) is 10. The second kappa shape index (κ2) is 16.0. The van der Waals surface area contributed by atoms with E-state index in [4.69, 9.17) is 9.47 Å². The van der Waals surface area contributed by atoms with Crippen molar-refractivity contribution in [3.8, 4) is 0 Å². The smallest absolute Gasteiger partial charge is 0.410 e. The van der Waals surface area contributed by atoms with E-state index in [2.05, 4.69) is 17.6 Å². The maximum atomic E-state index is 11.9. The van der Waals surface area contributed by atoms with E-state index in [9.17, 15) is 26.4 Å². The van der Waals surface area contributed by atoms with Crippen molar-refractivity contribution in [1.29, 1.82) is 0 Å². The van der Waals surface area contributed by atoms with Gasteiger partial charge < -0.3 is 29.9 Å². The summed E-state index contributed by atoms with van der Waals surface area (Å²) < 4.78 is 58.7. The van der Waals surface area contributed by atoms with Crippen molar-refractivity contribution >= 4 is 32.2 Å². The van der Waals surface area contributed by atoms with E-state index < -0.39 is 31.2 Å². The Kier molecular flexibility index (Phi) is 14.6. The van der Waals surface area contributed by atoms with Crippen LogP contribution in [0, 0.1) is 0 Å². The minimum absolute atomic E-state index is 0.0961. The molecule has 3 atom stereocenters. The Morgan fingerprint density at radius 2 is 1.14 bits per heavy atom. The predicted octanol–water partition coefficient (Wildman–Crippen LogP) is 1.34. The fraction of sp³-hybridized carbons (Fsp3) is 0.926. The Labute approximate surface area is 259 Å². The highest BCUT2D eigenvalue weighted by Crippen LogP contribution is 2.17. The summed E-state index contributed by atoms with van der Waals surface area (Å²) in [5.41, 5.74) is -0.931. The van der Waals surface area contributed by atoms with Gasteiger partial charge in [0, 0.05) is 77.0 Å². The molecule has 3 rings (SSSR count). The first-order chi connectivity index (χ1) is 19.4. The van der Waals surface area contributed by atoms with Crippen molar-refractivity contribution in [2.24, 2.45) is 0 Å². The van der Waals surface area contributed by atoms with Gasteiger partial charge in [-0.1, -0.05) is 0 Å². The summed E-state index contributed by atoms with van der Waals surface area (Å²) in [5.74, 6) is 0. The number of carbonyl (C=O) groups is 2. The Morgan fingerprint density at radius 3 is 1.51 bits per heavy atom. The minimum Gasteiger partial charge on any atom is -0.444 e. The molecule has 0 aliphatic carbocycles. The number of hydrogen-bond donors (Lipinski definition) is 2. The largest absolute Gasteiger partial charge is 0.444 e. The van der Waals surface area contributed by atoms with Crippen LogP contribution >= 0.6 is 0 Å². The first-order valence-corrected chi connectivity index (χ1v) is 18.4. The summed E-state index contributed by atoms with van der Waals surface area (Å²) >= 11 is 0. The molecule has 3 aliphatic heterocycles. The summed E-state index contributed by atoms with van der Waals surface area (Å²) in [6.07, 6.45) is 1.86. The summed E-state index contributed by atoms with van der Waals surface area (Å²) in [6, 6.07) is 0.233. The monoisotopic (exact) mass is 656 g/mol. The zero-order valence-corrected chi connectivity index (χ0v) is 29.6. The SMILES string of the molecule is C[C@@H]1CN(C(=O)OC(C)(C)C)CCN1.C[C@@H]1CN(C(=O)OC(C)(C)C)CCN1S(C)(=O)=O.C[C@@H]1CNCCN1S(C)(=O)=O. The zero-order chi connectivity index (χ0) is 33.4. The van der Waals surface area contributed by atoms with Crippen molar-refractivity contribution in [2.45, 2.75) is 91.6 Å². The van der Waals surface area contributed by atoms with Gasteiger partial charge in [0.25, 0.3) is 0 Å². The van der Waals surface area contributed by atoms with E-state index in [0.29, 0.717) is 32.2 Å². The summed E-state index contributed by atoms with van der Waals surface area (Å²) in [6.45, 7) is 22.3. The fourth-order valence-electron chi connectivity index (χ4n) is 4.67. The van der Waals surface area contributed by atoms with Gasteiger partial charge in [-0.3, -0.25) is 0 Å². The van der Waals surface area contributed by atoms with Gasteiger partial charge in [-0.2, -0.15) is 8.61 Å². The average molecular weight is 657 g/mol. The van der Waals surface area contributed by atoms with Crippen LogP contribution in [0.2, 0.25) is 0 Å². The van der Waals surface area contributed by atoms with E-state index in [1.165, 1.54) is 21.1 Å². The second-order valence-corrected chi connectivity index (χ2v) is 17.2. The zero-order valence-electron chi connectivity index (χ0n) is 28.0. The normalized spacial score (nSPS) is 24.6. The average Bonchev–Trinajstić information content (AvgIpc) is 2.81. The molecule has 0 bridgehead atoms. The van der Waals surface area contributed by atoms with Crippen molar-refractivity contribution in [3.05, 3.63) is 0 Å². The van der Waals surface area contributed by atoms with E-state index in [1.807, 2.05) is 27.7 Å². The number of piperazine rings is 3. The molecule has 3 heterocycles. The minimum atomic E-state index is -3.20. The van der Waals surface area contributed by atoms with Gasteiger partial charge in [0.2, 0.25) is 20.0 Å². The van der Waals surface area contributed by atoms with E-state index in [-0.39, 0.29) is 24.3 Å². The maximum Gasteiger partial charge on any atom is 0.410 e. The van der Waals surface area contributed by atoms with Gasteiger partial charge in [0.1, 0.15) is 11.2 Å². The number of sulfonamides is 2. The van der Waals surface area contributed by atoms with Crippen LogP contribution in [0.15, 0.2) is 0 Å². The summed E-state index contributed by atoms with van der Waals surface area (Å²) in [4.78, 5) is 26.8. The molecule has 2 amide bonds. The Hall–Kier alpha value is -1.72. The Bertz CT molecular complexity index is 1120. The number of ether oxygens (including phenoxy) is 2. The molecule has 3 fully saturated rings. The Morgan fingerprint density at radius 1 is 0.674 bits per heavy atom. The lowest BCUT2D eigenvalue weighted by Gasteiger charge is -2.38. The van der Waals surface area contributed by atoms with Crippen molar-refractivity contribution in [1.82, 2.24) is 29.0 Å². The molecule has 3 saturated heterocycles. The standard InChI is InChI=1S/C11H22N2O4S.C10H20N2O2.C6H14N2O2S/c1-9-8-12(10(14)17-11(2,3)4)6-7-13(9)18(5,15)16;1-8-7-12(6-5-11-8)9(13)14-10(2,3)4;1-6-5-7-3-4-8(6)11(2,9)10/h9H,6-8H2,1-5H3;8,11H,5-7H2,1-4H3;6-7H,3-5H2,1-2H3/t9-;8-;6-/m111/s1. The molecule has 2 N–H and O–H groups in total. The van der Waals surface area contributed by atoms with Crippen LogP contribution in [0.4, 0.5) is 9.59 Å². The third kappa shape index (κ3) is 15.2. The van der Waals surface area contributed by atoms with Crippen LogP contribution in [0.25, 0.3) is 0 Å².